The molecular weight excluding hydrogens is 474 g/mol. The fourth-order valence-corrected chi connectivity index (χ4v) is 6.40. The lowest BCUT2D eigenvalue weighted by atomic mass is 9.66. The van der Waals surface area contributed by atoms with E-state index in [2.05, 4.69) is 34.1 Å². The highest BCUT2D eigenvalue weighted by Crippen LogP contribution is 2.69. The van der Waals surface area contributed by atoms with Crippen molar-refractivity contribution in [3.63, 3.8) is 0 Å². The van der Waals surface area contributed by atoms with Crippen molar-refractivity contribution in [2.24, 2.45) is 5.41 Å². The molecule has 1 fully saturated rings. The van der Waals surface area contributed by atoms with Crippen LogP contribution in [-0.2, 0) is 12.0 Å². The molecule has 0 amide bonds. The average Bonchev–Trinajstić information content (AvgIpc) is 3.51. The van der Waals surface area contributed by atoms with Gasteiger partial charge in [-0.05, 0) is 60.4 Å². The monoisotopic (exact) mass is 502 g/mol. The van der Waals surface area contributed by atoms with Crippen molar-refractivity contribution < 1.29 is 13.9 Å². The van der Waals surface area contributed by atoms with Crippen molar-refractivity contribution in [3.8, 4) is 22.6 Å². The normalized spacial score (nSPS) is 22.3. The maximum absolute atomic E-state index is 14.5. The average molecular weight is 503 g/mol. The Bertz CT molecular complexity index is 1480. The number of hydrogen-bond donors (Lipinski definition) is 1. The smallest absolute Gasteiger partial charge is 0.135 e. The Hall–Kier alpha value is -3.59. The summed E-state index contributed by atoms with van der Waals surface area (Å²) < 4.78 is 30.7. The Morgan fingerprint density at radius 2 is 1.86 bits per heavy atom. The SMILES string of the molecule is CC[C@H](O)Cn1ccc(-c2cncc([C@@]34CC[C@@H](c5cc(-c6c(F)cccc6F)nnc53)C4(C)C)n2)n1. The van der Waals surface area contributed by atoms with E-state index < -0.39 is 23.2 Å². The molecule has 1 saturated carbocycles. The molecule has 0 unspecified atom stereocenters. The van der Waals surface area contributed by atoms with Gasteiger partial charge in [-0.2, -0.15) is 10.2 Å². The summed E-state index contributed by atoms with van der Waals surface area (Å²) in [5, 5.41) is 23.5. The molecule has 4 aromatic rings. The standard InChI is InChI=1S/C28H28F2N6O/c1-4-16(37)15-36-11-9-21(35-36)23-13-31-14-24(32-23)28-10-8-18(27(28,2)3)17-12-22(33-34-26(17)28)25-19(29)6-5-7-20(25)30/h5-7,9,11-14,16,18,37H,4,8,10,15H2,1-3H3/t16-,18-,28-/m0/s1. The van der Waals surface area contributed by atoms with Crippen LogP contribution >= 0.6 is 0 Å². The fourth-order valence-electron chi connectivity index (χ4n) is 6.40. The van der Waals surface area contributed by atoms with Gasteiger partial charge in [-0.3, -0.25) is 9.67 Å². The van der Waals surface area contributed by atoms with Crippen LogP contribution in [0.5, 0.6) is 0 Å². The van der Waals surface area contributed by atoms with Gasteiger partial charge in [0, 0.05) is 12.4 Å². The second-order valence-corrected chi connectivity index (χ2v) is 10.6. The summed E-state index contributed by atoms with van der Waals surface area (Å²) in [6, 6.07) is 7.48. The maximum Gasteiger partial charge on any atom is 0.135 e. The van der Waals surface area contributed by atoms with Gasteiger partial charge in [-0.15, -0.1) is 5.10 Å². The van der Waals surface area contributed by atoms with Crippen LogP contribution in [0, 0.1) is 17.0 Å². The van der Waals surface area contributed by atoms with Gasteiger partial charge in [0.15, 0.2) is 0 Å². The predicted octanol–water partition coefficient (Wildman–Crippen LogP) is 5.05. The van der Waals surface area contributed by atoms with Crippen molar-refractivity contribution in [1.29, 1.82) is 0 Å². The van der Waals surface area contributed by atoms with E-state index in [4.69, 9.17) is 4.98 Å². The van der Waals surface area contributed by atoms with E-state index in [0.717, 1.165) is 29.8 Å². The number of benzene rings is 1. The van der Waals surface area contributed by atoms with Gasteiger partial charge < -0.3 is 5.11 Å². The van der Waals surface area contributed by atoms with Crippen LogP contribution in [0.2, 0.25) is 0 Å². The fraction of sp³-hybridized carbons (Fsp3) is 0.393. The third-order valence-corrected chi connectivity index (χ3v) is 8.45. The van der Waals surface area contributed by atoms with E-state index in [1.807, 2.05) is 19.2 Å². The summed E-state index contributed by atoms with van der Waals surface area (Å²) in [4.78, 5) is 9.54. The molecule has 1 N–H and O–H groups in total. The molecule has 9 heteroatoms. The Morgan fingerprint density at radius 1 is 1.08 bits per heavy atom. The van der Waals surface area contributed by atoms with Gasteiger partial charge in [0.05, 0.1) is 46.9 Å². The van der Waals surface area contributed by atoms with Crippen LogP contribution in [0.25, 0.3) is 22.6 Å². The number of halogens is 2. The van der Waals surface area contributed by atoms with Crippen molar-refractivity contribution >= 4 is 0 Å². The van der Waals surface area contributed by atoms with Gasteiger partial charge >= 0.3 is 0 Å². The Labute approximate surface area is 213 Å². The lowest BCUT2D eigenvalue weighted by molar-refractivity contribution is 0.145. The van der Waals surface area contributed by atoms with Gasteiger partial charge in [0.2, 0.25) is 0 Å². The molecule has 3 atom stereocenters. The second-order valence-electron chi connectivity index (χ2n) is 10.6. The summed E-state index contributed by atoms with van der Waals surface area (Å²) in [7, 11) is 0. The maximum atomic E-state index is 14.5. The highest BCUT2D eigenvalue weighted by atomic mass is 19.1. The lowest BCUT2D eigenvalue weighted by Crippen LogP contribution is -2.38. The molecule has 0 spiro atoms. The topological polar surface area (TPSA) is 89.6 Å². The minimum atomic E-state index is -0.657. The number of fused-ring (bicyclic) bond motifs is 5. The van der Waals surface area contributed by atoms with E-state index in [-0.39, 0.29) is 22.6 Å². The second kappa shape index (κ2) is 8.48. The number of hydrogen-bond acceptors (Lipinski definition) is 6. The minimum Gasteiger partial charge on any atom is -0.391 e. The number of rotatable bonds is 6. The summed E-state index contributed by atoms with van der Waals surface area (Å²) >= 11 is 0. The first kappa shape index (κ1) is 23.8. The van der Waals surface area contributed by atoms with Crippen molar-refractivity contribution in [2.45, 2.75) is 64.0 Å². The summed E-state index contributed by atoms with van der Waals surface area (Å²) in [6.45, 7) is 6.74. The Balaban J connectivity index is 1.43. The predicted molar refractivity (Wildman–Crippen MR) is 133 cm³/mol. The zero-order chi connectivity index (χ0) is 25.9. The van der Waals surface area contributed by atoms with Crippen LogP contribution < -0.4 is 0 Å². The number of aromatic nitrogens is 6. The van der Waals surface area contributed by atoms with Crippen LogP contribution in [0.1, 0.15) is 62.9 Å². The molecule has 3 aromatic heterocycles. The molecule has 0 radical (unpaired) electrons. The van der Waals surface area contributed by atoms with E-state index >= 15 is 0 Å². The lowest BCUT2D eigenvalue weighted by Gasteiger charge is -2.37. The van der Waals surface area contributed by atoms with Crippen molar-refractivity contribution in [1.82, 2.24) is 29.9 Å². The van der Waals surface area contributed by atoms with E-state index in [1.54, 1.807) is 23.1 Å². The zero-order valence-electron chi connectivity index (χ0n) is 21.0. The number of aliphatic hydroxyl groups is 1. The van der Waals surface area contributed by atoms with E-state index in [9.17, 15) is 13.9 Å². The van der Waals surface area contributed by atoms with E-state index in [1.165, 1.54) is 18.2 Å². The molecule has 2 aliphatic carbocycles. The quantitative estimate of drug-likeness (QED) is 0.397. The van der Waals surface area contributed by atoms with E-state index in [0.29, 0.717) is 24.4 Å². The highest BCUT2D eigenvalue weighted by Gasteiger charge is 2.65. The number of aliphatic hydroxyl groups excluding tert-OH is 1. The van der Waals surface area contributed by atoms with Gasteiger partial charge in [-0.1, -0.05) is 26.8 Å². The molecule has 190 valence electrons. The number of nitrogens with zero attached hydrogens (tertiary/aromatic N) is 6. The summed E-state index contributed by atoms with van der Waals surface area (Å²) in [6.07, 6.45) is 7.22. The summed E-state index contributed by atoms with van der Waals surface area (Å²) in [5.41, 5.74) is 3.14. The van der Waals surface area contributed by atoms with Gasteiger partial charge in [0.1, 0.15) is 23.0 Å². The molecule has 6 rings (SSSR count). The van der Waals surface area contributed by atoms with Crippen molar-refractivity contribution in [3.05, 3.63) is 77.5 Å². The molecule has 0 saturated heterocycles. The van der Waals surface area contributed by atoms with Crippen LogP contribution in [0.3, 0.4) is 0 Å². The third-order valence-electron chi connectivity index (χ3n) is 8.45. The molecule has 2 aliphatic rings. The van der Waals surface area contributed by atoms with Gasteiger partial charge in [-0.25, -0.2) is 13.8 Å². The molecular formula is C28H28F2N6O. The molecule has 7 nitrogen and oxygen atoms in total. The molecule has 37 heavy (non-hydrogen) atoms. The molecule has 3 heterocycles. The Kier molecular flexibility index (Phi) is 5.45. The zero-order valence-corrected chi connectivity index (χ0v) is 21.0. The van der Waals surface area contributed by atoms with Crippen LogP contribution in [0.4, 0.5) is 8.78 Å². The molecule has 2 bridgehead atoms. The minimum absolute atomic E-state index is 0.145. The highest BCUT2D eigenvalue weighted by molar-refractivity contribution is 5.64. The van der Waals surface area contributed by atoms with Crippen LogP contribution in [0.15, 0.2) is 48.9 Å². The first-order chi connectivity index (χ1) is 17.8. The molecule has 1 aromatic carbocycles. The van der Waals surface area contributed by atoms with Gasteiger partial charge in [0.25, 0.3) is 0 Å². The first-order valence-electron chi connectivity index (χ1n) is 12.6. The first-order valence-corrected chi connectivity index (χ1v) is 12.6. The van der Waals surface area contributed by atoms with Crippen molar-refractivity contribution in [2.75, 3.05) is 0 Å². The summed E-state index contributed by atoms with van der Waals surface area (Å²) in [5.74, 6) is -1.17. The molecule has 0 aliphatic heterocycles. The largest absolute Gasteiger partial charge is 0.391 e. The Morgan fingerprint density at radius 3 is 2.62 bits per heavy atom. The third kappa shape index (κ3) is 3.43. The van der Waals surface area contributed by atoms with Crippen LogP contribution in [-0.4, -0.2) is 41.2 Å².